The second kappa shape index (κ2) is 13.7. The van der Waals surface area contributed by atoms with Crippen LogP contribution in [0.15, 0.2) is 77.7 Å². The fourth-order valence-electron chi connectivity index (χ4n) is 4.53. The summed E-state index contributed by atoms with van der Waals surface area (Å²) in [6.45, 7) is 8.79. The first-order valence-corrected chi connectivity index (χ1v) is 15.2. The quantitative estimate of drug-likeness (QED) is 0.318. The Balaban J connectivity index is 2.12. The molecule has 0 bridgehead atoms. The lowest BCUT2D eigenvalue weighted by Crippen LogP contribution is -2.55. The number of carbonyl (C=O) groups is 2. The number of aryl methyl sites for hydroxylation is 1. The minimum absolute atomic E-state index is 0.0312. The zero-order valence-electron chi connectivity index (χ0n) is 25.4. The highest BCUT2D eigenvalue weighted by Crippen LogP contribution is 2.33. The van der Waals surface area contributed by atoms with Gasteiger partial charge >= 0.3 is 0 Å². The molecular formula is C32H41N3O6S. The Bertz CT molecular complexity index is 1480. The number of nitrogens with one attached hydrogen (secondary N) is 1. The van der Waals surface area contributed by atoms with Crippen molar-refractivity contribution < 1.29 is 27.5 Å². The Morgan fingerprint density at radius 1 is 0.929 bits per heavy atom. The molecule has 3 aromatic carbocycles. The van der Waals surface area contributed by atoms with Crippen LogP contribution < -0.4 is 19.1 Å². The molecule has 0 aromatic heterocycles. The molecule has 2 amide bonds. The summed E-state index contributed by atoms with van der Waals surface area (Å²) in [5, 5.41) is 2.97. The van der Waals surface area contributed by atoms with E-state index in [9.17, 15) is 18.0 Å². The first-order chi connectivity index (χ1) is 19.8. The highest BCUT2D eigenvalue weighted by atomic mass is 32.2. The lowest BCUT2D eigenvalue weighted by atomic mass is 10.1. The minimum atomic E-state index is -4.21. The van der Waals surface area contributed by atoms with Crippen LogP contribution in [-0.2, 0) is 26.2 Å². The van der Waals surface area contributed by atoms with Crippen LogP contribution in [0.3, 0.4) is 0 Å². The van der Waals surface area contributed by atoms with Crippen molar-refractivity contribution in [1.82, 2.24) is 10.2 Å². The molecule has 0 heterocycles. The summed E-state index contributed by atoms with van der Waals surface area (Å²) in [4.78, 5) is 29.2. The molecule has 3 aromatic rings. The third-order valence-corrected chi connectivity index (χ3v) is 8.39. The van der Waals surface area contributed by atoms with E-state index in [2.05, 4.69) is 5.32 Å². The summed E-state index contributed by atoms with van der Waals surface area (Å²) in [5.41, 5.74) is 1.30. The monoisotopic (exact) mass is 595 g/mol. The van der Waals surface area contributed by atoms with Crippen LogP contribution in [0.1, 0.15) is 45.2 Å². The van der Waals surface area contributed by atoms with Crippen LogP contribution in [0.2, 0.25) is 0 Å². The van der Waals surface area contributed by atoms with Crippen molar-refractivity contribution in [1.29, 1.82) is 0 Å². The van der Waals surface area contributed by atoms with E-state index in [1.165, 1.54) is 24.1 Å². The minimum Gasteiger partial charge on any atom is -0.497 e. The van der Waals surface area contributed by atoms with Gasteiger partial charge in [-0.2, -0.15) is 0 Å². The number of sulfonamides is 1. The second-order valence-electron chi connectivity index (χ2n) is 11.0. The highest BCUT2D eigenvalue weighted by Gasteiger charge is 2.35. The molecule has 0 saturated heterocycles. The average molecular weight is 596 g/mol. The van der Waals surface area contributed by atoms with E-state index in [0.717, 1.165) is 15.4 Å². The molecule has 0 saturated carbocycles. The van der Waals surface area contributed by atoms with Crippen molar-refractivity contribution in [3.63, 3.8) is 0 Å². The predicted octanol–water partition coefficient (Wildman–Crippen LogP) is 4.93. The normalized spacial score (nSPS) is 12.3. The zero-order chi connectivity index (χ0) is 31.1. The number of para-hydroxylation sites is 2. The van der Waals surface area contributed by atoms with E-state index in [1.807, 2.05) is 40.7 Å². The number of anilines is 1. The van der Waals surface area contributed by atoms with Crippen molar-refractivity contribution in [2.75, 3.05) is 25.1 Å². The van der Waals surface area contributed by atoms with E-state index in [-0.39, 0.29) is 28.8 Å². The molecule has 9 nitrogen and oxygen atoms in total. The first-order valence-electron chi connectivity index (χ1n) is 13.8. The Kier molecular flexibility index (Phi) is 10.6. The summed E-state index contributed by atoms with van der Waals surface area (Å²) in [6.07, 6.45) is 0.316. The topological polar surface area (TPSA) is 105 Å². The molecule has 0 spiro atoms. The van der Waals surface area contributed by atoms with Crippen molar-refractivity contribution >= 4 is 27.5 Å². The van der Waals surface area contributed by atoms with Gasteiger partial charge in [0, 0.05) is 12.1 Å². The largest absolute Gasteiger partial charge is 0.497 e. The van der Waals surface area contributed by atoms with Gasteiger partial charge in [-0.15, -0.1) is 0 Å². The number of carbonyl (C=O) groups excluding carboxylic acids is 2. The fourth-order valence-corrected chi connectivity index (χ4v) is 5.95. The van der Waals surface area contributed by atoms with Gasteiger partial charge in [0.25, 0.3) is 10.0 Å². The lowest BCUT2D eigenvalue weighted by molar-refractivity contribution is -0.141. The van der Waals surface area contributed by atoms with Crippen LogP contribution in [0, 0.1) is 6.92 Å². The van der Waals surface area contributed by atoms with E-state index in [4.69, 9.17) is 9.47 Å². The lowest BCUT2D eigenvalue weighted by Gasteiger charge is -2.35. The maximum Gasteiger partial charge on any atom is 0.264 e. The van der Waals surface area contributed by atoms with Gasteiger partial charge in [-0.1, -0.05) is 48.9 Å². The third kappa shape index (κ3) is 8.03. The molecule has 1 N–H and O–H groups in total. The highest BCUT2D eigenvalue weighted by molar-refractivity contribution is 7.92. The molecular weight excluding hydrogens is 554 g/mol. The van der Waals surface area contributed by atoms with Gasteiger partial charge in [0.05, 0.1) is 24.8 Å². The first kappa shape index (κ1) is 32.5. The van der Waals surface area contributed by atoms with Crippen molar-refractivity contribution in [2.24, 2.45) is 0 Å². The number of hydrogen-bond acceptors (Lipinski definition) is 6. The van der Waals surface area contributed by atoms with Crippen LogP contribution in [0.5, 0.6) is 11.5 Å². The molecule has 0 fully saturated rings. The second-order valence-corrected chi connectivity index (χ2v) is 12.9. The number of hydrogen-bond donors (Lipinski definition) is 1. The van der Waals surface area contributed by atoms with Crippen LogP contribution >= 0.6 is 0 Å². The molecule has 0 aliphatic rings. The molecule has 3 rings (SSSR count). The Labute approximate surface area is 249 Å². The molecule has 226 valence electrons. The fraction of sp³-hybridized carbons (Fsp3) is 0.375. The average Bonchev–Trinajstić information content (AvgIpc) is 2.95. The van der Waals surface area contributed by atoms with E-state index < -0.39 is 34.1 Å². The van der Waals surface area contributed by atoms with Crippen molar-refractivity contribution in [3.8, 4) is 11.5 Å². The number of rotatable bonds is 12. The maximum absolute atomic E-state index is 14.3. The molecule has 0 aliphatic heterocycles. The summed E-state index contributed by atoms with van der Waals surface area (Å²) in [5.74, 6) is 0.0179. The van der Waals surface area contributed by atoms with E-state index in [1.54, 1.807) is 61.7 Å². The van der Waals surface area contributed by atoms with Crippen LogP contribution in [0.25, 0.3) is 0 Å². The molecule has 0 aliphatic carbocycles. The Morgan fingerprint density at radius 2 is 1.60 bits per heavy atom. The number of nitrogens with zero attached hydrogens (tertiary/aromatic N) is 2. The van der Waals surface area contributed by atoms with Crippen LogP contribution in [-0.4, -0.2) is 57.5 Å². The standard InChI is InChI=1S/C32H41N3O6S/c1-8-27(31(37)33-32(3,4)5)34(21-24-12-11-13-25(20-24)40-6)30(36)22-35(28-14-9-10-15-29(28)41-7)42(38,39)26-18-16-23(2)17-19-26/h9-20,27H,8,21-22H2,1-7H3,(H,33,37). The molecule has 10 heteroatoms. The molecule has 0 radical (unpaired) electrons. The van der Waals surface area contributed by atoms with Gasteiger partial charge in [-0.25, -0.2) is 8.42 Å². The SMILES string of the molecule is CCC(C(=O)NC(C)(C)C)N(Cc1cccc(OC)c1)C(=O)CN(c1ccccc1OC)S(=O)(=O)c1ccc(C)cc1. The molecule has 1 atom stereocenters. The maximum atomic E-state index is 14.3. The van der Waals surface area contributed by atoms with Gasteiger partial charge in [0.1, 0.15) is 24.1 Å². The number of benzene rings is 3. The van der Waals surface area contributed by atoms with Gasteiger partial charge < -0.3 is 19.7 Å². The van der Waals surface area contributed by atoms with Gasteiger partial charge in [-0.05, 0) is 76.1 Å². The number of ether oxygens (including phenoxy) is 2. The zero-order valence-corrected chi connectivity index (χ0v) is 26.2. The van der Waals surface area contributed by atoms with Gasteiger partial charge in [0.2, 0.25) is 11.8 Å². The molecule has 1 unspecified atom stereocenters. The summed E-state index contributed by atoms with van der Waals surface area (Å²) < 4.78 is 40.1. The smallest absolute Gasteiger partial charge is 0.264 e. The van der Waals surface area contributed by atoms with Crippen LogP contribution in [0.4, 0.5) is 5.69 Å². The Morgan fingerprint density at radius 3 is 2.19 bits per heavy atom. The number of methoxy groups -OCH3 is 2. The summed E-state index contributed by atoms with van der Waals surface area (Å²) >= 11 is 0. The molecule has 42 heavy (non-hydrogen) atoms. The third-order valence-electron chi connectivity index (χ3n) is 6.61. The summed E-state index contributed by atoms with van der Waals surface area (Å²) in [6, 6.07) is 19.4. The van der Waals surface area contributed by atoms with Gasteiger partial charge in [0.15, 0.2) is 0 Å². The number of amides is 2. The van der Waals surface area contributed by atoms with Crippen molar-refractivity contribution in [2.45, 2.75) is 64.1 Å². The Hall–Kier alpha value is -4.05. The van der Waals surface area contributed by atoms with Crippen molar-refractivity contribution in [3.05, 3.63) is 83.9 Å². The van der Waals surface area contributed by atoms with E-state index >= 15 is 0 Å². The van der Waals surface area contributed by atoms with E-state index in [0.29, 0.717) is 12.2 Å². The summed E-state index contributed by atoms with van der Waals surface area (Å²) in [7, 11) is -1.22. The predicted molar refractivity (Wildman–Crippen MR) is 164 cm³/mol. The van der Waals surface area contributed by atoms with Gasteiger partial charge in [-0.3, -0.25) is 13.9 Å².